The van der Waals surface area contributed by atoms with Gasteiger partial charge in [-0.25, -0.2) is 4.98 Å². The van der Waals surface area contributed by atoms with Crippen LogP contribution in [0, 0.1) is 12.3 Å². The van der Waals surface area contributed by atoms with Gasteiger partial charge in [-0.1, -0.05) is 12.0 Å². The second-order valence-electron chi connectivity index (χ2n) is 3.88. The summed E-state index contributed by atoms with van der Waals surface area (Å²) in [5.41, 5.74) is 1.67. The van der Waals surface area contributed by atoms with Gasteiger partial charge < -0.3 is 9.88 Å². The molecule has 19 heavy (non-hydrogen) atoms. The van der Waals surface area contributed by atoms with Gasteiger partial charge in [0.2, 0.25) is 5.91 Å². The minimum atomic E-state index is -0.127. The zero-order valence-electron chi connectivity index (χ0n) is 10.3. The Labute approximate surface area is 111 Å². The van der Waals surface area contributed by atoms with Gasteiger partial charge >= 0.3 is 0 Å². The van der Waals surface area contributed by atoms with Crippen LogP contribution in [0.5, 0.6) is 0 Å². The van der Waals surface area contributed by atoms with E-state index >= 15 is 0 Å². The van der Waals surface area contributed by atoms with Gasteiger partial charge in [0.25, 0.3) is 0 Å². The zero-order chi connectivity index (χ0) is 13.5. The smallest absolute Gasteiger partial charge is 0.238 e. The molecule has 1 aromatic heterocycles. The lowest BCUT2D eigenvalue weighted by molar-refractivity contribution is -0.115. The Morgan fingerprint density at radius 3 is 3.11 bits per heavy atom. The number of amides is 1. The minimum absolute atomic E-state index is 0.127. The average Bonchev–Trinajstić information content (AvgIpc) is 2.93. The van der Waals surface area contributed by atoms with Gasteiger partial charge in [0, 0.05) is 23.8 Å². The Kier molecular flexibility index (Phi) is 4.32. The molecule has 96 valence electrons. The van der Waals surface area contributed by atoms with Crippen LogP contribution in [0.1, 0.15) is 0 Å². The molecule has 0 aliphatic carbocycles. The number of imidazole rings is 1. The van der Waals surface area contributed by atoms with Crippen molar-refractivity contribution >= 4 is 11.6 Å². The average molecular weight is 254 g/mol. The predicted octanol–water partition coefficient (Wildman–Crippen LogP) is 1.03. The quantitative estimate of drug-likeness (QED) is 0.619. The molecule has 2 rings (SSSR count). The Bertz CT molecular complexity index is 584. The summed E-state index contributed by atoms with van der Waals surface area (Å²) in [6, 6.07) is 7.52. The number of carbonyl (C=O) groups excluding carboxylic acids is 1. The fourth-order valence-electron chi connectivity index (χ4n) is 1.61. The van der Waals surface area contributed by atoms with Gasteiger partial charge in [0.1, 0.15) is 0 Å². The summed E-state index contributed by atoms with van der Waals surface area (Å²) in [5.74, 6) is 2.29. The van der Waals surface area contributed by atoms with Crippen LogP contribution in [-0.2, 0) is 4.79 Å². The maximum Gasteiger partial charge on any atom is 0.238 e. The highest BCUT2D eigenvalue weighted by molar-refractivity contribution is 5.92. The van der Waals surface area contributed by atoms with Gasteiger partial charge in [0.15, 0.2) is 0 Å². The second kappa shape index (κ2) is 6.38. The molecular weight excluding hydrogens is 240 g/mol. The molecule has 1 amide bonds. The molecule has 0 aliphatic rings. The highest BCUT2D eigenvalue weighted by Crippen LogP contribution is 2.14. The third kappa shape index (κ3) is 3.69. The maximum absolute atomic E-state index is 11.6. The van der Waals surface area contributed by atoms with Crippen molar-refractivity contribution in [3.8, 4) is 18.0 Å². The lowest BCUT2D eigenvalue weighted by Gasteiger charge is -2.08. The second-order valence-corrected chi connectivity index (χ2v) is 3.88. The predicted molar refractivity (Wildman–Crippen MR) is 73.9 cm³/mol. The van der Waals surface area contributed by atoms with Gasteiger partial charge in [-0.2, -0.15) is 0 Å². The Morgan fingerprint density at radius 1 is 1.47 bits per heavy atom. The van der Waals surface area contributed by atoms with Crippen LogP contribution < -0.4 is 10.6 Å². The number of carbonyl (C=O) groups is 1. The Hall–Kier alpha value is -2.58. The first-order chi connectivity index (χ1) is 9.29. The molecule has 2 N–H and O–H groups in total. The van der Waals surface area contributed by atoms with E-state index in [9.17, 15) is 4.79 Å². The highest BCUT2D eigenvalue weighted by Gasteiger charge is 2.02. The number of terminal acetylenes is 1. The summed E-state index contributed by atoms with van der Waals surface area (Å²) in [6.07, 6.45) is 10.3. The molecule has 2 aromatic rings. The minimum Gasteiger partial charge on any atom is -0.325 e. The van der Waals surface area contributed by atoms with E-state index in [2.05, 4.69) is 21.5 Å². The maximum atomic E-state index is 11.6. The highest BCUT2D eigenvalue weighted by atomic mass is 16.1. The number of anilines is 1. The van der Waals surface area contributed by atoms with Gasteiger partial charge in [-0.15, -0.1) is 6.42 Å². The van der Waals surface area contributed by atoms with E-state index in [0.717, 1.165) is 11.4 Å². The van der Waals surface area contributed by atoms with E-state index in [1.165, 1.54) is 0 Å². The van der Waals surface area contributed by atoms with Gasteiger partial charge in [-0.3, -0.25) is 10.1 Å². The summed E-state index contributed by atoms with van der Waals surface area (Å²) >= 11 is 0. The number of hydrogen-bond donors (Lipinski definition) is 2. The van der Waals surface area contributed by atoms with E-state index in [1.54, 1.807) is 12.5 Å². The van der Waals surface area contributed by atoms with Crippen LogP contribution in [-0.4, -0.2) is 28.5 Å². The monoisotopic (exact) mass is 254 g/mol. The molecule has 0 atom stereocenters. The number of hydrogen-bond acceptors (Lipinski definition) is 3. The third-order valence-corrected chi connectivity index (χ3v) is 2.45. The summed E-state index contributed by atoms with van der Waals surface area (Å²) in [4.78, 5) is 15.6. The van der Waals surface area contributed by atoms with Crippen molar-refractivity contribution in [3.63, 3.8) is 0 Å². The van der Waals surface area contributed by atoms with Crippen LogP contribution in [0.4, 0.5) is 5.69 Å². The van der Waals surface area contributed by atoms with Crippen molar-refractivity contribution in [2.45, 2.75) is 0 Å². The van der Waals surface area contributed by atoms with Crippen molar-refractivity contribution in [1.29, 1.82) is 0 Å². The lowest BCUT2D eigenvalue weighted by atomic mass is 10.2. The molecule has 1 aromatic carbocycles. The largest absolute Gasteiger partial charge is 0.325 e. The summed E-state index contributed by atoms with van der Waals surface area (Å²) < 4.78 is 1.87. The van der Waals surface area contributed by atoms with Crippen LogP contribution >= 0.6 is 0 Å². The number of rotatable bonds is 5. The van der Waals surface area contributed by atoms with Crippen LogP contribution in [0.25, 0.3) is 5.69 Å². The van der Waals surface area contributed by atoms with E-state index in [0.29, 0.717) is 6.54 Å². The van der Waals surface area contributed by atoms with Crippen molar-refractivity contribution in [2.24, 2.45) is 0 Å². The standard InChI is InChI=1S/C14H14N4O/c1-2-6-15-10-14(19)17-12-4-3-5-13(9-12)18-8-7-16-11-18/h1,3-5,7-9,11,15H,6,10H2,(H,17,19). The molecule has 0 fully saturated rings. The zero-order valence-corrected chi connectivity index (χ0v) is 10.3. The molecule has 5 nitrogen and oxygen atoms in total. The van der Waals surface area contributed by atoms with Crippen LogP contribution in [0.15, 0.2) is 43.0 Å². The number of benzene rings is 1. The molecule has 5 heteroatoms. The topological polar surface area (TPSA) is 59.0 Å². The van der Waals surface area contributed by atoms with Crippen molar-refractivity contribution in [2.75, 3.05) is 18.4 Å². The summed E-state index contributed by atoms with van der Waals surface area (Å²) in [5, 5.41) is 5.63. The SMILES string of the molecule is C#CCNCC(=O)Nc1cccc(-n2ccnc2)c1. The normalized spacial score (nSPS) is 9.84. The Morgan fingerprint density at radius 2 is 2.37 bits per heavy atom. The van der Waals surface area contributed by atoms with E-state index in [-0.39, 0.29) is 12.5 Å². The summed E-state index contributed by atoms with van der Waals surface area (Å²) in [6.45, 7) is 0.571. The Balaban J connectivity index is 2.00. The third-order valence-electron chi connectivity index (χ3n) is 2.45. The van der Waals surface area contributed by atoms with Gasteiger partial charge in [0.05, 0.1) is 19.4 Å². The number of nitrogens with one attached hydrogen (secondary N) is 2. The number of aromatic nitrogens is 2. The molecule has 0 bridgehead atoms. The van der Waals surface area contributed by atoms with E-state index < -0.39 is 0 Å². The molecule has 0 aliphatic heterocycles. The van der Waals surface area contributed by atoms with Crippen molar-refractivity contribution < 1.29 is 4.79 Å². The fraction of sp³-hybridized carbons (Fsp3) is 0.143. The number of nitrogens with zero attached hydrogens (tertiary/aromatic N) is 2. The molecule has 1 heterocycles. The van der Waals surface area contributed by atoms with Crippen molar-refractivity contribution in [1.82, 2.24) is 14.9 Å². The fourth-order valence-corrected chi connectivity index (χ4v) is 1.61. The molecule has 0 spiro atoms. The molecule has 0 radical (unpaired) electrons. The first-order valence-corrected chi connectivity index (χ1v) is 5.82. The van der Waals surface area contributed by atoms with Crippen molar-refractivity contribution in [3.05, 3.63) is 43.0 Å². The van der Waals surface area contributed by atoms with Gasteiger partial charge in [-0.05, 0) is 18.2 Å². The summed E-state index contributed by atoms with van der Waals surface area (Å²) in [7, 11) is 0. The molecule has 0 saturated carbocycles. The van der Waals surface area contributed by atoms with Crippen LogP contribution in [0.2, 0.25) is 0 Å². The first kappa shape index (κ1) is 12.9. The van der Waals surface area contributed by atoms with E-state index in [4.69, 9.17) is 6.42 Å². The van der Waals surface area contributed by atoms with E-state index in [1.807, 2.05) is 35.0 Å². The van der Waals surface area contributed by atoms with Crippen LogP contribution in [0.3, 0.4) is 0 Å². The molecule has 0 unspecified atom stereocenters. The molecular formula is C14H14N4O. The lowest BCUT2D eigenvalue weighted by Crippen LogP contribution is -2.28. The first-order valence-electron chi connectivity index (χ1n) is 5.82. The molecule has 0 saturated heterocycles.